The Balaban J connectivity index is 0.000000379. The van der Waals surface area contributed by atoms with E-state index in [1.165, 1.54) is 0 Å². The van der Waals surface area contributed by atoms with E-state index in [2.05, 4.69) is 0 Å². The molecule has 134 valence electrons. The molecule has 0 aliphatic heterocycles. The standard InChI is InChI=1S/C19H13O2.C5H5.Ru/c20-18(14-8-3-1-4-9-14)16-12-7-13-17(16)19(21)15-10-5-2-6-11-15;1-2-4-5-3-1;/h1-13H;1-5H;/q2*-1;+2. The quantitative estimate of drug-likeness (QED) is 0.247. The van der Waals surface area contributed by atoms with Crippen LogP contribution in [0.2, 0.25) is 0 Å². The van der Waals surface area contributed by atoms with Gasteiger partial charge in [0, 0.05) is 0 Å². The van der Waals surface area contributed by atoms with Gasteiger partial charge in [-0.25, -0.2) is 12.1 Å². The Bertz CT molecular complexity index is 869. The molecular weight excluding hydrogens is 421 g/mol. The monoisotopic (exact) mass is 440 g/mol. The number of ketones is 2. The largest absolute Gasteiger partial charge is 2.00 e. The molecule has 0 N–H and O–H groups in total. The van der Waals surface area contributed by atoms with Crippen molar-refractivity contribution in [1.82, 2.24) is 0 Å². The minimum atomic E-state index is -0.125. The van der Waals surface area contributed by atoms with Gasteiger partial charge in [-0.3, -0.25) is 0 Å². The van der Waals surface area contributed by atoms with E-state index in [-0.39, 0.29) is 31.0 Å². The molecule has 4 rings (SSSR count). The first-order valence-corrected chi connectivity index (χ1v) is 8.39. The molecule has 0 heterocycles. The molecule has 27 heavy (non-hydrogen) atoms. The van der Waals surface area contributed by atoms with Gasteiger partial charge in [-0.15, -0.1) is 12.1 Å². The first kappa shape index (κ1) is 20.4. The van der Waals surface area contributed by atoms with Crippen molar-refractivity contribution >= 4 is 11.6 Å². The average molecular weight is 439 g/mol. The van der Waals surface area contributed by atoms with Gasteiger partial charge in [-0.05, 0) is 16.7 Å². The molecule has 0 aliphatic carbocycles. The first-order valence-electron chi connectivity index (χ1n) is 8.39. The van der Waals surface area contributed by atoms with Crippen LogP contribution in [0, 0.1) is 0 Å². The second-order valence-corrected chi connectivity index (χ2v) is 5.71. The second-order valence-electron chi connectivity index (χ2n) is 5.71. The Morgan fingerprint density at radius 1 is 0.667 bits per heavy atom. The van der Waals surface area contributed by atoms with Crippen LogP contribution in [0.15, 0.2) is 109 Å². The summed E-state index contributed by atoms with van der Waals surface area (Å²) in [6, 6.07) is 33.1. The smallest absolute Gasteiger partial charge is 0.335 e. The van der Waals surface area contributed by atoms with E-state index < -0.39 is 0 Å². The van der Waals surface area contributed by atoms with Gasteiger partial charge in [-0.1, -0.05) is 66.2 Å². The SMILES string of the molecule is O=C(c1ccccc1)c1ccc[c-]1C(=O)c1ccccc1.[Ru+2].c1cc[cH-]c1. The third kappa shape index (κ3) is 5.29. The summed E-state index contributed by atoms with van der Waals surface area (Å²) in [4.78, 5) is 25.0. The van der Waals surface area contributed by atoms with Crippen molar-refractivity contribution < 1.29 is 29.1 Å². The maximum Gasteiger partial charge on any atom is 2.00 e. The van der Waals surface area contributed by atoms with Crippen LogP contribution in [-0.2, 0) is 19.5 Å². The molecule has 2 nitrogen and oxygen atoms in total. The van der Waals surface area contributed by atoms with Crippen LogP contribution in [-0.4, -0.2) is 11.6 Å². The molecule has 0 spiro atoms. The van der Waals surface area contributed by atoms with Crippen LogP contribution >= 0.6 is 0 Å². The van der Waals surface area contributed by atoms with E-state index >= 15 is 0 Å². The maximum atomic E-state index is 12.5. The zero-order valence-corrected chi connectivity index (χ0v) is 16.3. The molecule has 4 aromatic carbocycles. The Labute approximate surface area is 172 Å². The molecule has 0 fully saturated rings. The van der Waals surface area contributed by atoms with Gasteiger partial charge in [0.15, 0.2) is 0 Å². The summed E-state index contributed by atoms with van der Waals surface area (Å²) in [5.74, 6) is -0.250. The molecule has 0 radical (unpaired) electrons. The number of rotatable bonds is 4. The summed E-state index contributed by atoms with van der Waals surface area (Å²) < 4.78 is 0. The number of hydrogen-bond acceptors (Lipinski definition) is 2. The zero-order valence-electron chi connectivity index (χ0n) is 14.6. The fourth-order valence-corrected chi connectivity index (χ4v) is 2.63. The third-order valence-electron chi connectivity index (χ3n) is 3.93. The Morgan fingerprint density at radius 2 is 1.22 bits per heavy atom. The summed E-state index contributed by atoms with van der Waals surface area (Å²) in [6.07, 6.45) is 0. The van der Waals surface area contributed by atoms with Crippen LogP contribution in [0.3, 0.4) is 0 Å². The van der Waals surface area contributed by atoms with Gasteiger partial charge in [0.2, 0.25) is 0 Å². The van der Waals surface area contributed by atoms with Crippen molar-refractivity contribution in [2.75, 3.05) is 0 Å². The van der Waals surface area contributed by atoms with E-state index in [1.54, 1.807) is 42.5 Å². The summed E-state index contributed by atoms with van der Waals surface area (Å²) in [5.41, 5.74) is 2.08. The van der Waals surface area contributed by atoms with Gasteiger partial charge < -0.3 is 9.59 Å². The molecule has 0 atom stereocenters. The molecule has 0 unspecified atom stereocenters. The normalized spacial score (nSPS) is 9.48. The van der Waals surface area contributed by atoms with Crippen LogP contribution in [0.25, 0.3) is 0 Å². The van der Waals surface area contributed by atoms with E-state index in [9.17, 15) is 9.59 Å². The molecule has 4 aromatic rings. The van der Waals surface area contributed by atoms with Gasteiger partial charge in [0.1, 0.15) is 11.6 Å². The summed E-state index contributed by atoms with van der Waals surface area (Å²) in [6.45, 7) is 0. The maximum absolute atomic E-state index is 12.5. The van der Waals surface area contributed by atoms with Gasteiger partial charge in [0.05, 0.1) is 0 Å². The molecule has 0 aliphatic rings. The fourth-order valence-electron chi connectivity index (χ4n) is 2.63. The average Bonchev–Trinajstić information content (AvgIpc) is 3.43. The number of carbonyl (C=O) groups is 2. The Kier molecular flexibility index (Phi) is 7.79. The molecular formula is C24H18O2Ru. The molecule has 0 amide bonds. The fraction of sp³-hybridized carbons (Fsp3) is 0. The predicted molar refractivity (Wildman–Crippen MR) is 104 cm³/mol. The van der Waals surface area contributed by atoms with Crippen molar-refractivity contribution in [2.24, 2.45) is 0 Å². The van der Waals surface area contributed by atoms with E-state index in [1.807, 2.05) is 66.7 Å². The molecule has 0 aromatic heterocycles. The molecule has 0 saturated carbocycles. The van der Waals surface area contributed by atoms with Crippen molar-refractivity contribution in [3.8, 4) is 0 Å². The zero-order chi connectivity index (χ0) is 18.2. The topological polar surface area (TPSA) is 34.1 Å². The van der Waals surface area contributed by atoms with E-state index in [4.69, 9.17) is 0 Å². The minimum absolute atomic E-state index is 0. The van der Waals surface area contributed by atoms with Crippen LogP contribution in [0.1, 0.15) is 31.8 Å². The predicted octanol–water partition coefficient (Wildman–Crippen LogP) is 5.27. The van der Waals surface area contributed by atoms with Gasteiger partial charge in [0.25, 0.3) is 0 Å². The Hall–Kier alpha value is -2.90. The third-order valence-corrected chi connectivity index (χ3v) is 3.93. The van der Waals surface area contributed by atoms with Crippen molar-refractivity contribution in [3.05, 3.63) is 131 Å². The summed E-state index contributed by atoms with van der Waals surface area (Å²) >= 11 is 0. The van der Waals surface area contributed by atoms with Crippen LogP contribution < -0.4 is 0 Å². The van der Waals surface area contributed by atoms with E-state index in [0.717, 1.165) is 0 Å². The van der Waals surface area contributed by atoms with Gasteiger partial charge in [-0.2, -0.15) is 24.3 Å². The van der Waals surface area contributed by atoms with Crippen molar-refractivity contribution in [2.45, 2.75) is 0 Å². The molecule has 0 saturated heterocycles. The van der Waals surface area contributed by atoms with E-state index in [0.29, 0.717) is 22.3 Å². The molecule has 0 bridgehead atoms. The minimum Gasteiger partial charge on any atom is -0.335 e. The molecule has 3 heteroatoms. The summed E-state index contributed by atoms with van der Waals surface area (Å²) in [5, 5.41) is 0. The summed E-state index contributed by atoms with van der Waals surface area (Å²) in [7, 11) is 0. The van der Waals surface area contributed by atoms with Crippen molar-refractivity contribution in [3.63, 3.8) is 0 Å². The van der Waals surface area contributed by atoms with Gasteiger partial charge >= 0.3 is 19.5 Å². The number of hydrogen-bond donors (Lipinski definition) is 0. The number of carbonyl (C=O) groups excluding carboxylic acids is 2. The Morgan fingerprint density at radius 3 is 1.74 bits per heavy atom. The first-order chi connectivity index (χ1) is 12.8. The van der Waals surface area contributed by atoms with Crippen LogP contribution in [0.5, 0.6) is 0 Å². The number of benzene rings is 2. The second kappa shape index (κ2) is 10.3. The van der Waals surface area contributed by atoms with Crippen molar-refractivity contribution in [1.29, 1.82) is 0 Å². The van der Waals surface area contributed by atoms with Crippen LogP contribution in [0.4, 0.5) is 0 Å².